The number of carbonyl (C=O) groups is 1. The standard InChI is InChI=1S/C19H20O4/c1-13-4-6-14(7-5-13)19(2)11-22-17-10-15(23-12-21-3)8-9-16(17)18(19)20/h4-10H,11-12H2,1-3H3. The van der Waals surface area contributed by atoms with Crippen LogP contribution >= 0.6 is 0 Å². The maximum atomic E-state index is 13.0. The Balaban J connectivity index is 1.92. The highest BCUT2D eigenvalue weighted by atomic mass is 16.7. The van der Waals surface area contributed by atoms with E-state index in [1.54, 1.807) is 25.3 Å². The predicted octanol–water partition coefficient (Wildman–Crippen LogP) is 3.51. The van der Waals surface area contributed by atoms with Crippen molar-refractivity contribution in [2.75, 3.05) is 20.5 Å². The van der Waals surface area contributed by atoms with Crippen LogP contribution in [0.15, 0.2) is 42.5 Å². The maximum absolute atomic E-state index is 13.0. The van der Waals surface area contributed by atoms with Gasteiger partial charge in [-0.3, -0.25) is 4.79 Å². The Kier molecular flexibility index (Phi) is 4.09. The molecule has 1 atom stereocenters. The molecule has 4 heteroatoms. The van der Waals surface area contributed by atoms with Crippen LogP contribution in [0.2, 0.25) is 0 Å². The van der Waals surface area contributed by atoms with Gasteiger partial charge in [0.25, 0.3) is 0 Å². The molecule has 3 rings (SSSR count). The minimum absolute atomic E-state index is 0.0703. The second-order valence-electron chi connectivity index (χ2n) is 6.02. The van der Waals surface area contributed by atoms with Crippen molar-refractivity contribution in [2.24, 2.45) is 0 Å². The van der Waals surface area contributed by atoms with Crippen molar-refractivity contribution >= 4 is 5.78 Å². The van der Waals surface area contributed by atoms with Crippen LogP contribution in [0.25, 0.3) is 0 Å². The highest BCUT2D eigenvalue weighted by Crippen LogP contribution is 2.38. The van der Waals surface area contributed by atoms with E-state index in [-0.39, 0.29) is 12.6 Å². The Morgan fingerprint density at radius 1 is 1.17 bits per heavy atom. The van der Waals surface area contributed by atoms with E-state index in [0.29, 0.717) is 23.7 Å². The lowest BCUT2D eigenvalue weighted by atomic mass is 9.75. The fourth-order valence-electron chi connectivity index (χ4n) is 2.75. The van der Waals surface area contributed by atoms with Crippen molar-refractivity contribution in [3.63, 3.8) is 0 Å². The van der Waals surface area contributed by atoms with E-state index in [1.165, 1.54) is 5.56 Å². The quantitative estimate of drug-likeness (QED) is 0.810. The van der Waals surface area contributed by atoms with Crippen molar-refractivity contribution in [2.45, 2.75) is 19.3 Å². The van der Waals surface area contributed by atoms with Gasteiger partial charge >= 0.3 is 0 Å². The zero-order valence-corrected chi connectivity index (χ0v) is 13.6. The van der Waals surface area contributed by atoms with Crippen LogP contribution in [0.3, 0.4) is 0 Å². The molecule has 0 fully saturated rings. The molecule has 1 aliphatic rings. The van der Waals surface area contributed by atoms with Gasteiger partial charge in [-0.15, -0.1) is 0 Å². The average Bonchev–Trinajstić information content (AvgIpc) is 2.57. The number of hydrogen-bond acceptors (Lipinski definition) is 4. The number of ether oxygens (including phenoxy) is 3. The Morgan fingerprint density at radius 3 is 2.61 bits per heavy atom. The largest absolute Gasteiger partial charge is 0.491 e. The first kappa shape index (κ1) is 15.6. The molecule has 4 nitrogen and oxygen atoms in total. The lowest BCUT2D eigenvalue weighted by Crippen LogP contribution is -2.42. The molecule has 1 heterocycles. The lowest BCUT2D eigenvalue weighted by molar-refractivity contribution is 0.0507. The fourth-order valence-corrected chi connectivity index (χ4v) is 2.75. The molecule has 1 unspecified atom stereocenters. The van der Waals surface area contributed by atoms with Gasteiger partial charge in [-0.05, 0) is 31.5 Å². The van der Waals surface area contributed by atoms with Gasteiger partial charge in [0.2, 0.25) is 0 Å². The van der Waals surface area contributed by atoms with Crippen LogP contribution < -0.4 is 9.47 Å². The highest BCUT2D eigenvalue weighted by molar-refractivity contribution is 6.07. The van der Waals surface area contributed by atoms with Gasteiger partial charge in [-0.1, -0.05) is 29.8 Å². The Hall–Kier alpha value is -2.33. The summed E-state index contributed by atoms with van der Waals surface area (Å²) in [6.07, 6.45) is 0. The molecule has 0 bridgehead atoms. The van der Waals surface area contributed by atoms with Gasteiger partial charge in [0.15, 0.2) is 12.6 Å². The van der Waals surface area contributed by atoms with E-state index in [9.17, 15) is 4.79 Å². The molecule has 0 amide bonds. The minimum atomic E-state index is -0.671. The normalized spacial score (nSPS) is 19.9. The van der Waals surface area contributed by atoms with Crippen molar-refractivity contribution in [1.82, 2.24) is 0 Å². The summed E-state index contributed by atoms with van der Waals surface area (Å²) in [4.78, 5) is 13.0. The first-order chi connectivity index (χ1) is 11.0. The summed E-state index contributed by atoms with van der Waals surface area (Å²) >= 11 is 0. The van der Waals surface area contributed by atoms with E-state index < -0.39 is 5.41 Å². The van der Waals surface area contributed by atoms with Gasteiger partial charge in [0, 0.05) is 13.2 Å². The summed E-state index contributed by atoms with van der Waals surface area (Å²) < 4.78 is 16.1. The zero-order chi connectivity index (χ0) is 16.4. The van der Waals surface area contributed by atoms with Crippen LogP contribution in [0.4, 0.5) is 0 Å². The lowest BCUT2D eigenvalue weighted by Gasteiger charge is -2.34. The van der Waals surface area contributed by atoms with E-state index >= 15 is 0 Å². The molecule has 2 aromatic carbocycles. The number of carbonyl (C=O) groups excluding carboxylic acids is 1. The summed E-state index contributed by atoms with van der Waals surface area (Å²) in [6.45, 7) is 4.43. The number of hydrogen-bond donors (Lipinski definition) is 0. The predicted molar refractivity (Wildman–Crippen MR) is 87.3 cm³/mol. The highest BCUT2D eigenvalue weighted by Gasteiger charge is 2.41. The Labute approximate surface area is 136 Å². The summed E-state index contributed by atoms with van der Waals surface area (Å²) in [5.41, 5.74) is 2.06. The van der Waals surface area contributed by atoms with Gasteiger partial charge < -0.3 is 14.2 Å². The van der Waals surface area contributed by atoms with E-state index in [2.05, 4.69) is 0 Å². The first-order valence-corrected chi connectivity index (χ1v) is 7.55. The van der Waals surface area contributed by atoms with E-state index in [1.807, 2.05) is 38.1 Å². The second kappa shape index (κ2) is 6.05. The first-order valence-electron chi connectivity index (χ1n) is 7.55. The zero-order valence-electron chi connectivity index (χ0n) is 13.6. The monoisotopic (exact) mass is 312 g/mol. The van der Waals surface area contributed by atoms with Crippen molar-refractivity contribution in [3.05, 3.63) is 59.2 Å². The molecular formula is C19H20O4. The third-order valence-electron chi connectivity index (χ3n) is 4.25. The second-order valence-corrected chi connectivity index (χ2v) is 6.02. The van der Waals surface area contributed by atoms with Crippen LogP contribution in [0, 0.1) is 6.92 Å². The van der Waals surface area contributed by atoms with Crippen molar-refractivity contribution in [1.29, 1.82) is 0 Å². The smallest absolute Gasteiger partial charge is 0.188 e. The molecule has 120 valence electrons. The molecule has 0 N–H and O–H groups in total. The molecule has 0 spiro atoms. The van der Waals surface area contributed by atoms with Gasteiger partial charge in [-0.25, -0.2) is 0 Å². The molecule has 23 heavy (non-hydrogen) atoms. The summed E-state index contributed by atoms with van der Waals surface area (Å²) in [5, 5.41) is 0. The SMILES string of the molecule is COCOc1ccc2c(c1)OCC(C)(c1ccc(C)cc1)C2=O. The van der Waals surface area contributed by atoms with Gasteiger partial charge in [-0.2, -0.15) is 0 Å². The molecule has 0 aliphatic carbocycles. The molecule has 0 aromatic heterocycles. The minimum Gasteiger partial charge on any atom is -0.491 e. The number of fused-ring (bicyclic) bond motifs is 1. The summed E-state index contributed by atoms with van der Waals surface area (Å²) in [5.74, 6) is 1.26. The number of aryl methyl sites for hydroxylation is 1. The molecule has 1 aliphatic heterocycles. The number of ketones is 1. The third kappa shape index (κ3) is 2.82. The van der Waals surface area contributed by atoms with Gasteiger partial charge in [0.1, 0.15) is 18.1 Å². The Bertz CT molecular complexity index is 721. The molecule has 0 radical (unpaired) electrons. The van der Waals surface area contributed by atoms with Crippen LogP contribution in [-0.2, 0) is 10.2 Å². The molecular weight excluding hydrogens is 292 g/mol. The number of methoxy groups -OCH3 is 1. The number of Topliss-reactive ketones (excluding diaryl/α,β-unsaturated/α-hetero) is 1. The average molecular weight is 312 g/mol. The van der Waals surface area contributed by atoms with E-state index in [0.717, 1.165) is 5.56 Å². The number of benzene rings is 2. The molecule has 0 saturated carbocycles. The summed E-state index contributed by atoms with van der Waals surface area (Å²) in [6, 6.07) is 13.3. The maximum Gasteiger partial charge on any atom is 0.188 e. The van der Waals surface area contributed by atoms with Crippen LogP contribution in [0.1, 0.15) is 28.4 Å². The Morgan fingerprint density at radius 2 is 1.91 bits per heavy atom. The van der Waals surface area contributed by atoms with Crippen molar-refractivity contribution < 1.29 is 19.0 Å². The van der Waals surface area contributed by atoms with E-state index in [4.69, 9.17) is 14.2 Å². The summed E-state index contributed by atoms with van der Waals surface area (Å²) in [7, 11) is 1.56. The third-order valence-corrected chi connectivity index (χ3v) is 4.25. The molecule has 0 saturated heterocycles. The fraction of sp³-hybridized carbons (Fsp3) is 0.316. The van der Waals surface area contributed by atoms with Gasteiger partial charge in [0.05, 0.1) is 11.0 Å². The molecule has 2 aromatic rings. The van der Waals surface area contributed by atoms with Crippen LogP contribution in [0.5, 0.6) is 11.5 Å². The topological polar surface area (TPSA) is 44.8 Å². The van der Waals surface area contributed by atoms with Crippen molar-refractivity contribution in [3.8, 4) is 11.5 Å². The van der Waals surface area contributed by atoms with Crippen LogP contribution in [-0.4, -0.2) is 26.3 Å². The number of rotatable bonds is 4.